The lowest BCUT2D eigenvalue weighted by atomic mass is 10.1. The van der Waals surface area contributed by atoms with Gasteiger partial charge in [0.25, 0.3) is 5.91 Å². The van der Waals surface area contributed by atoms with Gasteiger partial charge >= 0.3 is 0 Å². The number of hydrogen-bond donors (Lipinski definition) is 1. The second-order valence-corrected chi connectivity index (χ2v) is 6.52. The van der Waals surface area contributed by atoms with E-state index >= 15 is 0 Å². The van der Waals surface area contributed by atoms with E-state index in [0.29, 0.717) is 27.6 Å². The molecule has 1 amide bonds. The Morgan fingerprint density at radius 1 is 0.929 bits per heavy atom. The first-order chi connectivity index (χ1) is 13.5. The third-order valence-electron chi connectivity index (χ3n) is 3.94. The van der Waals surface area contributed by atoms with Crippen molar-refractivity contribution in [2.45, 2.75) is 6.42 Å². The van der Waals surface area contributed by atoms with Gasteiger partial charge in [0.05, 0.1) is 5.56 Å². The van der Waals surface area contributed by atoms with Crippen LogP contribution in [0, 0.1) is 5.82 Å². The zero-order valence-electron chi connectivity index (χ0n) is 14.8. The Hall–Kier alpha value is -3.18. The summed E-state index contributed by atoms with van der Waals surface area (Å²) in [5, 5.41) is 3.33. The lowest BCUT2D eigenvalue weighted by molar-refractivity contribution is -0.120. The van der Waals surface area contributed by atoms with Gasteiger partial charge in [-0.25, -0.2) is 4.39 Å². The molecule has 4 nitrogen and oxygen atoms in total. The van der Waals surface area contributed by atoms with Gasteiger partial charge in [0, 0.05) is 17.1 Å². The van der Waals surface area contributed by atoms with Crippen molar-refractivity contribution in [2.75, 3.05) is 11.9 Å². The van der Waals surface area contributed by atoms with Crippen molar-refractivity contribution in [2.24, 2.45) is 0 Å². The molecule has 1 N–H and O–H groups in total. The van der Waals surface area contributed by atoms with E-state index in [1.165, 1.54) is 12.1 Å². The van der Waals surface area contributed by atoms with Crippen LogP contribution < -0.4 is 10.1 Å². The Kier molecular flexibility index (Phi) is 6.40. The Morgan fingerprint density at radius 2 is 1.61 bits per heavy atom. The minimum Gasteiger partial charge on any atom is -0.485 e. The molecule has 0 saturated carbocycles. The summed E-state index contributed by atoms with van der Waals surface area (Å²) in [6.07, 6.45) is 0.124. The molecule has 3 aromatic rings. The van der Waals surface area contributed by atoms with Crippen molar-refractivity contribution >= 4 is 29.0 Å². The molecule has 0 bridgehead atoms. The lowest BCUT2D eigenvalue weighted by Crippen LogP contribution is -2.17. The summed E-state index contributed by atoms with van der Waals surface area (Å²) in [5.41, 5.74) is 1.60. The van der Waals surface area contributed by atoms with Crippen LogP contribution in [0.1, 0.15) is 15.9 Å². The van der Waals surface area contributed by atoms with Crippen LogP contribution in [-0.2, 0) is 11.2 Å². The highest BCUT2D eigenvalue weighted by molar-refractivity contribution is 6.30. The largest absolute Gasteiger partial charge is 0.485 e. The van der Waals surface area contributed by atoms with Crippen molar-refractivity contribution in [3.8, 4) is 5.75 Å². The number of halogens is 2. The first-order valence-corrected chi connectivity index (χ1v) is 8.94. The topological polar surface area (TPSA) is 55.4 Å². The van der Waals surface area contributed by atoms with Crippen LogP contribution in [0.5, 0.6) is 5.75 Å². The predicted molar refractivity (Wildman–Crippen MR) is 106 cm³/mol. The molecule has 142 valence electrons. The third-order valence-corrected chi connectivity index (χ3v) is 4.19. The predicted octanol–water partition coefficient (Wildman–Crippen LogP) is 4.92. The number of anilines is 1. The van der Waals surface area contributed by atoms with E-state index in [1.54, 1.807) is 60.7 Å². The van der Waals surface area contributed by atoms with Gasteiger partial charge in [0.1, 0.15) is 18.2 Å². The number of hydrogen-bond acceptors (Lipinski definition) is 3. The van der Waals surface area contributed by atoms with Crippen molar-refractivity contribution in [1.29, 1.82) is 0 Å². The van der Waals surface area contributed by atoms with Crippen LogP contribution in [0.4, 0.5) is 10.1 Å². The number of nitrogens with one attached hydrogen (secondary N) is 1. The monoisotopic (exact) mass is 397 g/mol. The van der Waals surface area contributed by atoms with Gasteiger partial charge in [-0.15, -0.1) is 0 Å². The molecule has 0 aliphatic heterocycles. The number of amides is 1. The number of rotatable bonds is 7. The maximum atomic E-state index is 12.9. The fraction of sp³-hybridized carbons (Fsp3) is 0.0909. The molecular weight excluding hydrogens is 381 g/mol. The summed E-state index contributed by atoms with van der Waals surface area (Å²) in [5.74, 6) is -0.585. The highest BCUT2D eigenvalue weighted by Crippen LogP contribution is 2.21. The number of Topliss-reactive ketones (excluding diaryl/α,β-unsaturated/α-hetero) is 1. The van der Waals surface area contributed by atoms with Gasteiger partial charge in [-0.05, 0) is 54.1 Å². The van der Waals surface area contributed by atoms with E-state index in [2.05, 4.69) is 5.32 Å². The minimum atomic E-state index is -0.357. The molecule has 0 radical (unpaired) electrons. The van der Waals surface area contributed by atoms with Crippen LogP contribution in [-0.4, -0.2) is 18.3 Å². The van der Waals surface area contributed by atoms with Gasteiger partial charge in [-0.1, -0.05) is 35.9 Å². The zero-order chi connectivity index (χ0) is 19.9. The number of carbonyl (C=O) groups excluding carboxylic acids is 2. The summed E-state index contributed by atoms with van der Waals surface area (Å²) in [6.45, 7) is -0.192. The molecule has 0 saturated heterocycles. The van der Waals surface area contributed by atoms with Gasteiger partial charge < -0.3 is 10.1 Å². The molecule has 0 unspecified atom stereocenters. The van der Waals surface area contributed by atoms with E-state index in [0.717, 1.165) is 0 Å². The molecule has 0 spiro atoms. The molecule has 0 aliphatic carbocycles. The number of para-hydroxylation sites is 1. The normalized spacial score (nSPS) is 10.4. The number of carbonyl (C=O) groups is 2. The molecule has 0 atom stereocenters. The standard InChI is InChI=1S/C22H17ClFNO3/c23-16-7-11-18(12-8-16)25-22(27)20-3-1-2-4-21(20)28-14-19(26)13-15-5-9-17(24)10-6-15/h1-12H,13-14H2,(H,25,27). The molecule has 0 aliphatic rings. The van der Waals surface area contributed by atoms with Crippen LogP contribution in [0.25, 0.3) is 0 Å². The van der Waals surface area contributed by atoms with Gasteiger partial charge in [-0.3, -0.25) is 9.59 Å². The SMILES string of the molecule is O=C(COc1ccccc1C(=O)Nc1ccc(Cl)cc1)Cc1ccc(F)cc1. The highest BCUT2D eigenvalue weighted by atomic mass is 35.5. The number of benzene rings is 3. The summed E-state index contributed by atoms with van der Waals surface area (Å²) in [7, 11) is 0. The lowest BCUT2D eigenvalue weighted by Gasteiger charge is -2.11. The molecule has 6 heteroatoms. The Labute approximate surface area is 166 Å². The quantitative estimate of drug-likeness (QED) is 0.615. The fourth-order valence-corrected chi connectivity index (χ4v) is 2.68. The second-order valence-electron chi connectivity index (χ2n) is 6.09. The molecule has 28 heavy (non-hydrogen) atoms. The van der Waals surface area contributed by atoms with Crippen molar-refractivity contribution in [3.63, 3.8) is 0 Å². The summed E-state index contributed by atoms with van der Waals surface area (Å²) in [4.78, 5) is 24.7. The molecular formula is C22H17ClFNO3. The van der Waals surface area contributed by atoms with E-state index < -0.39 is 0 Å². The maximum Gasteiger partial charge on any atom is 0.259 e. The van der Waals surface area contributed by atoms with Crippen LogP contribution in [0.15, 0.2) is 72.8 Å². The second kappa shape index (κ2) is 9.15. The smallest absolute Gasteiger partial charge is 0.259 e. The van der Waals surface area contributed by atoms with Gasteiger partial charge in [0.2, 0.25) is 0 Å². The number of ketones is 1. The summed E-state index contributed by atoms with van der Waals surface area (Å²) < 4.78 is 18.5. The van der Waals surface area contributed by atoms with Gasteiger partial charge in [-0.2, -0.15) is 0 Å². The molecule has 0 fully saturated rings. The van der Waals surface area contributed by atoms with E-state index in [4.69, 9.17) is 16.3 Å². The maximum absolute atomic E-state index is 12.9. The first-order valence-electron chi connectivity index (χ1n) is 8.56. The van der Waals surface area contributed by atoms with E-state index in [1.807, 2.05) is 0 Å². The van der Waals surface area contributed by atoms with E-state index in [-0.39, 0.29) is 30.5 Å². The average Bonchev–Trinajstić information content (AvgIpc) is 2.70. The van der Waals surface area contributed by atoms with Crippen LogP contribution >= 0.6 is 11.6 Å². The molecule has 3 rings (SSSR count). The summed E-state index contributed by atoms with van der Waals surface area (Å²) in [6, 6.07) is 19.1. The zero-order valence-corrected chi connectivity index (χ0v) is 15.6. The van der Waals surface area contributed by atoms with Crippen molar-refractivity contribution < 1.29 is 18.7 Å². The van der Waals surface area contributed by atoms with Crippen molar-refractivity contribution in [1.82, 2.24) is 0 Å². The van der Waals surface area contributed by atoms with Crippen LogP contribution in [0.3, 0.4) is 0 Å². The molecule has 3 aromatic carbocycles. The first kappa shape index (κ1) is 19.6. The Balaban J connectivity index is 1.63. The molecule has 0 aromatic heterocycles. The Morgan fingerprint density at radius 3 is 2.32 bits per heavy atom. The van der Waals surface area contributed by atoms with Crippen LogP contribution in [0.2, 0.25) is 5.02 Å². The third kappa shape index (κ3) is 5.41. The van der Waals surface area contributed by atoms with Gasteiger partial charge in [0.15, 0.2) is 5.78 Å². The van der Waals surface area contributed by atoms with Crippen molar-refractivity contribution in [3.05, 3.63) is 94.8 Å². The number of ether oxygens (including phenoxy) is 1. The average molecular weight is 398 g/mol. The minimum absolute atomic E-state index is 0.124. The fourth-order valence-electron chi connectivity index (χ4n) is 2.55. The Bertz CT molecular complexity index is 972. The van der Waals surface area contributed by atoms with E-state index in [9.17, 15) is 14.0 Å². The highest BCUT2D eigenvalue weighted by Gasteiger charge is 2.14. The molecule has 0 heterocycles. The summed E-state index contributed by atoms with van der Waals surface area (Å²) >= 11 is 5.84.